The van der Waals surface area contributed by atoms with E-state index in [1.54, 1.807) is 15.9 Å². The van der Waals surface area contributed by atoms with Gasteiger partial charge in [-0.1, -0.05) is 49.0 Å². The highest BCUT2D eigenvalue weighted by molar-refractivity contribution is 7.99. The number of aromatic nitrogens is 2. The summed E-state index contributed by atoms with van der Waals surface area (Å²) in [7, 11) is 0. The van der Waals surface area contributed by atoms with Crippen LogP contribution in [-0.4, -0.2) is 40.0 Å². The van der Waals surface area contributed by atoms with Crippen molar-refractivity contribution >= 4 is 39.2 Å². The second-order valence-electron chi connectivity index (χ2n) is 8.90. The lowest BCUT2D eigenvalue weighted by Crippen LogP contribution is -2.34. The third kappa shape index (κ3) is 5.90. The Morgan fingerprint density at radius 2 is 2.15 bits per heavy atom. The van der Waals surface area contributed by atoms with Crippen LogP contribution in [0.3, 0.4) is 0 Å². The Morgan fingerprint density at radius 3 is 2.85 bits per heavy atom. The Kier molecular flexibility index (Phi) is 8.45. The Bertz CT molecular complexity index is 1180. The summed E-state index contributed by atoms with van der Waals surface area (Å²) >= 11 is 2.90. The first-order chi connectivity index (χ1) is 16.5. The number of nitrogens with one attached hydrogen (secondary N) is 1. The van der Waals surface area contributed by atoms with E-state index >= 15 is 0 Å². The summed E-state index contributed by atoms with van der Waals surface area (Å²) in [6.45, 7) is 7.37. The van der Waals surface area contributed by atoms with Crippen LogP contribution in [0, 0.1) is 6.92 Å². The second-order valence-corrected chi connectivity index (χ2v) is 11.0. The predicted molar refractivity (Wildman–Crippen MR) is 140 cm³/mol. The maximum Gasteiger partial charge on any atom is 0.263 e. The number of ether oxygens (including phenoxy) is 1. The molecule has 2 aromatic heterocycles. The number of carbonyl (C=O) groups is 1. The van der Waals surface area contributed by atoms with E-state index in [4.69, 9.17) is 9.72 Å². The number of carbonyl (C=O) groups excluding carboxylic acids is 1. The lowest BCUT2D eigenvalue weighted by molar-refractivity contribution is -0.119. The molecule has 0 spiro atoms. The van der Waals surface area contributed by atoms with Crippen LogP contribution in [0.15, 0.2) is 40.3 Å². The smallest absolute Gasteiger partial charge is 0.263 e. The number of hydrogen-bond donors (Lipinski definition) is 1. The first-order valence-electron chi connectivity index (χ1n) is 12.1. The molecule has 34 heavy (non-hydrogen) atoms. The molecule has 1 saturated heterocycles. The summed E-state index contributed by atoms with van der Waals surface area (Å²) < 4.78 is 7.55. The molecule has 1 aliphatic rings. The largest absolute Gasteiger partial charge is 0.376 e. The van der Waals surface area contributed by atoms with Crippen LogP contribution in [0.4, 0.5) is 0 Å². The van der Waals surface area contributed by atoms with Crippen LogP contribution < -0.4 is 10.9 Å². The van der Waals surface area contributed by atoms with Crippen molar-refractivity contribution in [1.29, 1.82) is 0 Å². The van der Waals surface area contributed by atoms with Crippen LogP contribution in [0.25, 0.3) is 10.2 Å². The fourth-order valence-corrected chi connectivity index (χ4v) is 6.44. The van der Waals surface area contributed by atoms with E-state index in [0.717, 1.165) is 59.4 Å². The summed E-state index contributed by atoms with van der Waals surface area (Å²) in [6, 6.07) is 10.4. The molecule has 2 unspecified atom stereocenters. The van der Waals surface area contributed by atoms with Gasteiger partial charge >= 0.3 is 0 Å². The van der Waals surface area contributed by atoms with Gasteiger partial charge in [-0.15, -0.1) is 11.3 Å². The molecule has 0 saturated carbocycles. The van der Waals surface area contributed by atoms with Crippen molar-refractivity contribution in [1.82, 2.24) is 14.9 Å². The maximum atomic E-state index is 13.5. The first-order valence-corrected chi connectivity index (χ1v) is 13.9. The number of thioether (sulfide) groups is 1. The fourth-order valence-electron chi connectivity index (χ4n) is 4.47. The van der Waals surface area contributed by atoms with Crippen molar-refractivity contribution in [2.75, 3.05) is 12.4 Å². The molecule has 6 nitrogen and oxygen atoms in total. The minimum Gasteiger partial charge on any atom is -0.376 e. The van der Waals surface area contributed by atoms with Crippen LogP contribution in [0.2, 0.25) is 0 Å². The zero-order valence-corrected chi connectivity index (χ0v) is 21.8. The van der Waals surface area contributed by atoms with Crippen LogP contribution in [0.1, 0.15) is 49.1 Å². The Morgan fingerprint density at radius 1 is 1.35 bits per heavy atom. The molecule has 0 aliphatic carbocycles. The van der Waals surface area contributed by atoms with Crippen molar-refractivity contribution in [3.63, 3.8) is 0 Å². The van der Waals surface area contributed by atoms with E-state index in [0.29, 0.717) is 11.7 Å². The summed E-state index contributed by atoms with van der Waals surface area (Å²) in [6.07, 6.45) is 4.58. The number of amides is 1. The average Bonchev–Trinajstić information content (AvgIpc) is 3.46. The molecule has 8 heteroatoms. The summed E-state index contributed by atoms with van der Waals surface area (Å²) in [5, 5.41) is 4.42. The van der Waals surface area contributed by atoms with Gasteiger partial charge < -0.3 is 10.1 Å². The number of fused-ring (bicyclic) bond motifs is 1. The SMILES string of the molecule is CCc1c(C)sc2nc(SCC(=O)NC(C)CCc3ccccc3)n(CC3CCCO3)c(=O)c12. The molecule has 182 valence electrons. The molecular weight excluding hydrogens is 466 g/mol. The van der Waals surface area contributed by atoms with Gasteiger partial charge in [-0.05, 0) is 57.1 Å². The van der Waals surface area contributed by atoms with Crippen molar-refractivity contribution in [3.05, 3.63) is 56.7 Å². The fraction of sp³-hybridized carbons (Fsp3) is 0.500. The molecule has 1 amide bonds. The Balaban J connectivity index is 1.46. The highest BCUT2D eigenvalue weighted by Gasteiger charge is 2.23. The third-order valence-corrected chi connectivity index (χ3v) is 8.31. The molecule has 0 bridgehead atoms. The molecule has 1 aromatic carbocycles. The number of rotatable bonds is 10. The zero-order valence-electron chi connectivity index (χ0n) is 20.1. The van der Waals surface area contributed by atoms with E-state index in [9.17, 15) is 9.59 Å². The summed E-state index contributed by atoms with van der Waals surface area (Å²) in [4.78, 5) is 33.0. The molecule has 4 rings (SSSR count). The molecule has 3 heterocycles. The van der Waals surface area contributed by atoms with E-state index in [-0.39, 0.29) is 29.4 Å². The van der Waals surface area contributed by atoms with E-state index in [2.05, 4.69) is 24.4 Å². The number of hydrogen-bond acceptors (Lipinski definition) is 6. The molecule has 3 aromatic rings. The molecule has 1 N–H and O–H groups in total. The zero-order chi connectivity index (χ0) is 24.1. The molecule has 1 aliphatic heterocycles. The second kappa shape index (κ2) is 11.5. The maximum absolute atomic E-state index is 13.5. The van der Waals surface area contributed by atoms with Gasteiger partial charge in [-0.3, -0.25) is 14.2 Å². The van der Waals surface area contributed by atoms with Crippen LogP contribution in [-0.2, 0) is 28.9 Å². The van der Waals surface area contributed by atoms with Crippen molar-refractivity contribution in [2.24, 2.45) is 0 Å². The first kappa shape index (κ1) is 24.9. The lowest BCUT2D eigenvalue weighted by Gasteiger charge is -2.17. The quantitative estimate of drug-likeness (QED) is 0.322. The highest BCUT2D eigenvalue weighted by atomic mass is 32.2. The number of aryl methyl sites for hydroxylation is 3. The van der Waals surface area contributed by atoms with Gasteiger partial charge in [0.25, 0.3) is 5.56 Å². The minimum absolute atomic E-state index is 0.0131. The van der Waals surface area contributed by atoms with Crippen molar-refractivity contribution < 1.29 is 9.53 Å². The van der Waals surface area contributed by atoms with Gasteiger partial charge in [-0.2, -0.15) is 0 Å². The average molecular weight is 500 g/mol. The topological polar surface area (TPSA) is 73.2 Å². The van der Waals surface area contributed by atoms with Crippen molar-refractivity contribution in [2.45, 2.75) is 76.7 Å². The molecular formula is C26H33N3O3S2. The Labute approximate surface area is 209 Å². The lowest BCUT2D eigenvalue weighted by atomic mass is 10.1. The van der Waals surface area contributed by atoms with E-state index in [1.807, 2.05) is 32.0 Å². The van der Waals surface area contributed by atoms with E-state index in [1.165, 1.54) is 17.3 Å². The molecule has 0 radical (unpaired) electrons. The minimum atomic E-state index is -0.0415. The van der Waals surface area contributed by atoms with Gasteiger partial charge in [0.1, 0.15) is 4.83 Å². The van der Waals surface area contributed by atoms with Crippen LogP contribution >= 0.6 is 23.1 Å². The summed E-state index contributed by atoms with van der Waals surface area (Å²) in [5.74, 6) is 0.185. The Hall–Kier alpha value is -2.16. The van der Waals surface area contributed by atoms with Gasteiger partial charge in [-0.25, -0.2) is 4.98 Å². The molecule has 2 atom stereocenters. The number of benzene rings is 1. The third-order valence-electron chi connectivity index (χ3n) is 6.29. The van der Waals surface area contributed by atoms with Gasteiger partial charge in [0.05, 0.1) is 23.8 Å². The van der Waals surface area contributed by atoms with Crippen molar-refractivity contribution in [3.8, 4) is 0 Å². The standard InChI is InChI=1S/C26H33N3O3S2/c1-4-21-18(3)34-24-23(21)25(31)29(15-20-11-8-14-32-20)26(28-24)33-16-22(30)27-17(2)12-13-19-9-6-5-7-10-19/h5-7,9-10,17,20H,4,8,11-16H2,1-3H3,(H,27,30). The molecule has 1 fully saturated rings. The predicted octanol–water partition coefficient (Wildman–Crippen LogP) is 4.74. The summed E-state index contributed by atoms with van der Waals surface area (Å²) in [5.41, 5.74) is 2.34. The number of thiophene rings is 1. The number of nitrogens with zero attached hydrogens (tertiary/aromatic N) is 2. The van der Waals surface area contributed by atoms with Gasteiger partial charge in [0.15, 0.2) is 5.16 Å². The van der Waals surface area contributed by atoms with Gasteiger partial charge in [0.2, 0.25) is 5.91 Å². The van der Waals surface area contributed by atoms with Gasteiger partial charge in [0, 0.05) is 17.5 Å². The van der Waals surface area contributed by atoms with Crippen LogP contribution in [0.5, 0.6) is 0 Å². The normalized spacial score (nSPS) is 16.7. The monoisotopic (exact) mass is 499 g/mol. The van der Waals surface area contributed by atoms with E-state index < -0.39 is 0 Å². The highest BCUT2D eigenvalue weighted by Crippen LogP contribution is 2.30.